The summed E-state index contributed by atoms with van der Waals surface area (Å²) in [6.07, 6.45) is 4.05. The fourth-order valence-corrected chi connectivity index (χ4v) is 7.57. The number of piperazine rings is 1. The molecule has 5 rings (SSSR count). The third-order valence-corrected chi connectivity index (χ3v) is 9.80. The van der Waals surface area contributed by atoms with Crippen LogP contribution in [0.4, 0.5) is 5.69 Å². The zero-order chi connectivity index (χ0) is 30.6. The number of ether oxygens (including phenoxy) is 1. The monoisotopic (exact) mass is 588 g/mol. The molecule has 0 bridgehead atoms. The number of hydrogen-bond donors (Lipinski definition) is 1. The van der Waals surface area contributed by atoms with Gasteiger partial charge in [0.2, 0.25) is 0 Å². The number of nitrogens with zero attached hydrogens (tertiary/aromatic N) is 5. The number of piperidine rings is 1. The maximum Gasteiger partial charge on any atom is 0.261 e. The van der Waals surface area contributed by atoms with E-state index in [1.807, 2.05) is 4.57 Å². The van der Waals surface area contributed by atoms with Gasteiger partial charge in [-0.05, 0) is 70.8 Å². The number of fused-ring (bicyclic) bond motifs is 1. The van der Waals surface area contributed by atoms with Gasteiger partial charge in [-0.25, -0.2) is 4.98 Å². The first kappa shape index (κ1) is 31.6. The molecule has 2 fully saturated rings. The fourth-order valence-electron chi connectivity index (χ4n) is 7.57. The Morgan fingerprint density at radius 1 is 1.07 bits per heavy atom. The third kappa shape index (κ3) is 6.53. The van der Waals surface area contributed by atoms with Gasteiger partial charge in [0.1, 0.15) is 5.82 Å². The Kier molecular flexibility index (Phi) is 10.2. The minimum Gasteiger partial charge on any atom is -0.383 e. The first-order chi connectivity index (χ1) is 20.8. The number of hydrogen-bond acceptors (Lipinski definition) is 7. The molecular formula is C35H52N6O2. The molecule has 3 heterocycles. The van der Waals surface area contributed by atoms with Gasteiger partial charge in [0.25, 0.3) is 5.56 Å². The normalized spacial score (nSPS) is 21.9. The lowest BCUT2D eigenvalue weighted by Gasteiger charge is -2.48. The molecule has 3 atom stereocenters. The lowest BCUT2D eigenvalue weighted by Crippen LogP contribution is -2.55. The minimum atomic E-state index is -0.0359. The molecule has 2 saturated heterocycles. The first-order valence-electron chi connectivity index (χ1n) is 16.4. The minimum absolute atomic E-state index is 0.0359. The Labute approximate surface area is 258 Å². The van der Waals surface area contributed by atoms with E-state index in [0.717, 1.165) is 80.8 Å². The Bertz CT molecular complexity index is 1390. The van der Waals surface area contributed by atoms with Crippen molar-refractivity contribution in [1.29, 1.82) is 0 Å². The van der Waals surface area contributed by atoms with Crippen LogP contribution in [0.25, 0.3) is 10.9 Å². The van der Waals surface area contributed by atoms with E-state index in [9.17, 15) is 4.79 Å². The molecular weight excluding hydrogens is 536 g/mol. The molecule has 2 aliphatic rings. The van der Waals surface area contributed by atoms with Crippen molar-refractivity contribution in [2.24, 2.45) is 0 Å². The van der Waals surface area contributed by atoms with Crippen LogP contribution in [0.1, 0.15) is 70.8 Å². The largest absolute Gasteiger partial charge is 0.383 e. The summed E-state index contributed by atoms with van der Waals surface area (Å²) in [7, 11) is 3.99. The lowest BCUT2D eigenvalue weighted by molar-refractivity contribution is 0.0568. The quantitative estimate of drug-likeness (QED) is 0.338. The van der Waals surface area contributed by atoms with Gasteiger partial charge in [-0.2, -0.15) is 0 Å². The predicted octanol–water partition coefficient (Wildman–Crippen LogP) is 5.01. The van der Waals surface area contributed by atoms with Crippen molar-refractivity contribution in [3.63, 3.8) is 0 Å². The maximum atomic E-state index is 14.1. The van der Waals surface area contributed by atoms with E-state index < -0.39 is 0 Å². The molecule has 0 radical (unpaired) electrons. The molecule has 8 heteroatoms. The Morgan fingerprint density at radius 2 is 1.77 bits per heavy atom. The fraction of sp³-hybridized carbons (Fsp3) is 0.600. The van der Waals surface area contributed by atoms with Gasteiger partial charge in [0.05, 0.1) is 23.6 Å². The maximum absolute atomic E-state index is 14.1. The number of anilines is 1. The third-order valence-electron chi connectivity index (χ3n) is 9.80. The van der Waals surface area contributed by atoms with Gasteiger partial charge < -0.3 is 15.0 Å². The molecule has 2 aliphatic heterocycles. The highest BCUT2D eigenvalue weighted by molar-refractivity contribution is 5.82. The predicted molar refractivity (Wildman–Crippen MR) is 177 cm³/mol. The molecule has 0 saturated carbocycles. The van der Waals surface area contributed by atoms with Gasteiger partial charge in [0.15, 0.2) is 0 Å². The second-order valence-electron chi connectivity index (χ2n) is 12.7. The number of methoxy groups -OCH3 is 1. The molecule has 0 aliphatic carbocycles. The second kappa shape index (κ2) is 13.9. The standard InChI is InChI=1S/C35H52N6O2/c1-7-12-32(40-24-26(3)36-27(4)25-40)33-37-31-16-15-29(23-30(31)34(42)41(33)8-2)39-19-17-35(18-20-39,38(5)21-22-43-6)28-13-10-9-11-14-28/h9-11,13-16,23,26-27,32,36H,7-8,12,17-22,24-25H2,1-6H3/t26-,27+,32?. The zero-order valence-corrected chi connectivity index (χ0v) is 27.2. The number of nitrogens with one attached hydrogen (secondary N) is 1. The topological polar surface area (TPSA) is 65.9 Å². The average molecular weight is 589 g/mol. The van der Waals surface area contributed by atoms with E-state index in [2.05, 4.69) is 103 Å². The summed E-state index contributed by atoms with van der Waals surface area (Å²) in [6.45, 7) is 14.8. The van der Waals surface area contributed by atoms with E-state index in [4.69, 9.17) is 9.72 Å². The molecule has 2 aromatic carbocycles. The summed E-state index contributed by atoms with van der Waals surface area (Å²) in [5, 5.41) is 4.37. The highest BCUT2D eigenvalue weighted by atomic mass is 16.5. The molecule has 0 amide bonds. The summed E-state index contributed by atoms with van der Waals surface area (Å²) in [4.78, 5) is 26.7. The Balaban J connectivity index is 1.44. The molecule has 234 valence electrons. The number of likely N-dealkylation sites (N-methyl/N-ethyl adjacent to an activating group) is 1. The van der Waals surface area contributed by atoms with Crippen LogP contribution in [-0.2, 0) is 16.8 Å². The molecule has 1 N–H and O–H groups in total. The first-order valence-corrected chi connectivity index (χ1v) is 16.4. The van der Waals surface area contributed by atoms with Gasteiger partial charge in [-0.15, -0.1) is 0 Å². The molecule has 1 aromatic heterocycles. The van der Waals surface area contributed by atoms with Crippen LogP contribution >= 0.6 is 0 Å². The van der Waals surface area contributed by atoms with Gasteiger partial charge in [-0.1, -0.05) is 43.7 Å². The van der Waals surface area contributed by atoms with E-state index in [-0.39, 0.29) is 17.1 Å². The van der Waals surface area contributed by atoms with Crippen LogP contribution in [0.15, 0.2) is 53.3 Å². The molecule has 0 spiro atoms. The highest BCUT2D eigenvalue weighted by Gasteiger charge is 2.39. The van der Waals surface area contributed by atoms with Gasteiger partial charge >= 0.3 is 0 Å². The molecule has 3 aromatic rings. The summed E-state index contributed by atoms with van der Waals surface area (Å²) in [5.74, 6) is 0.917. The van der Waals surface area contributed by atoms with E-state index in [1.165, 1.54) is 5.56 Å². The van der Waals surface area contributed by atoms with E-state index in [1.54, 1.807) is 7.11 Å². The van der Waals surface area contributed by atoms with Crippen molar-refractivity contribution >= 4 is 16.6 Å². The van der Waals surface area contributed by atoms with Crippen LogP contribution in [-0.4, -0.2) is 84.9 Å². The van der Waals surface area contributed by atoms with Crippen LogP contribution in [0.3, 0.4) is 0 Å². The average Bonchev–Trinajstić information content (AvgIpc) is 3.02. The van der Waals surface area contributed by atoms with Gasteiger partial charge in [0, 0.05) is 69.7 Å². The van der Waals surface area contributed by atoms with E-state index >= 15 is 0 Å². The van der Waals surface area contributed by atoms with Crippen molar-refractivity contribution < 1.29 is 4.74 Å². The molecule has 1 unspecified atom stereocenters. The molecule has 8 nitrogen and oxygen atoms in total. The van der Waals surface area contributed by atoms with Crippen molar-refractivity contribution in [2.75, 3.05) is 58.4 Å². The Hall–Kier alpha value is -2.78. The smallest absolute Gasteiger partial charge is 0.261 e. The van der Waals surface area contributed by atoms with E-state index in [0.29, 0.717) is 25.2 Å². The molecule has 43 heavy (non-hydrogen) atoms. The second-order valence-corrected chi connectivity index (χ2v) is 12.7. The zero-order valence-electron chi connectivity index (χ0n) is 27.2. The van der Waals surface area contributed by atoms with Crippen LogP contribution in [0.2, 0.25) is 0 Å². The van der Waals surface area contributed by atoms with Crippen molar-refractivity contribution in [2.45, 2.75) is 83.6 Å². The summed E-state index contributed by atoms with van der Waals surface area (Å²) >= 11 is 0. The number of rotatable bonds is 11. The van der Waals surface area contributed by atoms with Gasteiger partial charge in [-0.3, -0.25) is 19.2 Å². The summed E-state index contributed by atoms with van der Waals surface area (Å²) in [6, 6.07) is 18.2. The SMILES string of the molecule is CCCC(c1nc2ccc(N3CCC(c4ccccc4)(N(C)CCOC)CC3)cc2c(=O)n1CC)N1C[C@@H](C)N[C@@H](C)C1. The Morgan fingerprint density at radius 3 is 2.40 bits per heavy atom. The van der Waals surface area contributed by atoms with Crippen LogP contribution in [0, 0.1) is 0 Å². The van der Waals surface area contributed by atoms with Crippen LogP contribution in [0.5, 0.6) is 0 Å². The number of aromatic nitrogens is 2. The summed E-state index contributed by atoms with van der Waals surface area (Å²) in [5.41, 5.74) is 3.32. The van der Waals surface area contributed by atoms with Crippen LogP contribution < -0.4 is 15.8 Å². The lowest BCUT2D eigenvalue weighted by atomic mass is 9.79. The number of benzene rings is 2. The summed E-state index contributed by atoms with van der Waals surface area (Å²) < 4.78 is 7.37. The van der Waals surface area contributed by atoms with Crippen molar-refractivity contribution in [1.82, 2.24) is 24.7 Å². The van der Waals surface area contributed by atoms with Crippen molar-refractivity contribution in [3.05, 3.63) is 70.3 Å². The highest BCUT2D eigenvalue weighted by Crippen LogP contribution is 2.39. The van der Waals surface area contributed by atoms with Crippen molar-refractivity contribution in [3.8, 4) is 0 Å².